The molecule has 152 valence electrons. The predicted molar refractivity (Wildman–Crippen MR) is 106 cm³/mol. The van der Waals surface area contributed by atoms with Gasteiger partial charge in [0.1, 0.15) is 11.4 Å². The van der Waals surface area contributed by atoms with Gasteiger partial charge in [0.15, 0.2) is 12.4 Å². The molecule has 3 rings (SSSR count). The van der Waals surface area contributed by atoms with Crippen molar-refractivity contribution in [3.05, 3.63) is 82.1 Å². The van der Waals surface area contributed by atoms with Gasteiger partial charge in [-0.05, 0) is 25.1 Å². The van der Waals surface area contributed by atoms with Gasteiger partial charge in [0, 0.05) is 17.2 Å². The van der Waals surface area contributed by atoms with Crippen molar-refractivity contribution in [2.45, 2.75) is 6.92 Å². The van der Waals surface area contributed by atoms with E-state index >= 15 is 0 Å². The molecule has 1 aromatic heterocycles. The standard InChI is InChI=1S/C21H16N2O7/c1-13(24)14-6-8-15(9-7-14)18-10-11-19(30-18)21(26)29-12-20(25)22-16-4-2-3-5-17(16)23(27)28/h2-11H,12H2,1H3,(H,22,25). The summed E-state index contributed by atoms with van der Waals surface area (Å²) in [7, 11) is 0. The van der Waals surface area contributed by atoms with Gasteiger partial charge in [-0.3, -0.25) is 19.7 Å². The number of amides is 1. The minimum absolute atomic E-state index is 0.00200. The fraction of sp³-hybridized carbons (Fsp3) is 0.0952. The van der Waals surface area contributed by atoms with E-state index in [2.05, 4.69) is 5.32 Å². The number of nitro benzene ring substituents is 1. The normalized spacial score (nSPS) is 10.3. The van der Waals surface area contributed by atoms with Crippen LogP contribution >= 0.6 is 0 Å². The number of hydrogen-bond acceptors (Lipinski definition) is 7. The highest BCUT2D eigenvalue weighted by atomic mass is 16.6. The first-order chi connectivity index (χ1) is 14.3. The van der Waals surface area contributed by atoms with E-state index < -0.39 is 23.4 Å². The summed E-state index contributed by atoms with van der Waals surface area (Å²) in [6.45, 7) is 0.816. The lowest BCUT2D eigenvalue weighted by molar-refractivity contribution is -0.383. The fourth-order valence-electron chi connectivity index (χ4n) is 2.60. The van der Waals surface area contributed by atoms with E-state index in [-0.39, 0.29) is 22.9 Å². The summed E-state index contributed by atoms with van der Waals surface area (Å²) >= 11 is 0. The van der Waals surface area contributed by atoms with Gasteiger partial charge in [-0.15, -0.1) is 0 Å². The van der Waals surface area contributed by atoms with Crippen LogP contribution in [0.2, 0.25) is 0 Å². The molecule has 1 amide bonds. The van der Waals surface area contributed by atoms with Gasteiger partial charge in [0.2, 0.25) is 5.76 Å². The molecule has 1 heterocycles. The van der Waals surface area contributed by atoms with E-state index in [4.69, 9.17) is 9.15 Å². The maximum absolute atomic E-state index is 12.1. The molecule has 0 atom stereocenters. The molecule has 3 aromatic rings. The van der Waals surface area contributed by atoms with Gasteiger partial charge in [-0.1, -0.05) is 36.4 Å². The number of nitro groups is 1. The van der Waals surface area contributed by atoms with E-state index in [1.807, 2.05) is 0 Å². The SMILES string of the molecule is CC(=O)c1ccc(-c2ccc(C(=O)OCC(=O)Nc3ccccc3[N+](=O)[O-])o2)cc1. The number of hydrogen-bond donors (Lipinski definition) is 1. The number of carbonyl (C=O) groups excluding carboxylic acids is 3. The van der Waals surface area contributed by atoms with E-state index in [0.29, 0.717) is 16.9 Å². The zero-order valence-corrected chi connectivity index (χ0v) is 15.8. The maximum atomic E-state index is 12.1. The second kappa shape index (κ2) is 8.82. The molecule has 0 radical (unpaired) electrons. The smallest absolute Gasteiger partial charge is 0.374 e. The molecular formula is C21H16N2O7. The second-order valence-corrected chi connectivity index (χ2v) is 6.20. The number of nitrogens with zero attached hydrogens (tertiary/aromatic N) is 1. The van der Waals surface area contributed by atoms with Crippen molar-refractivity contribution in [3.63, 3.8) is 0 Å². The highest BCUT2D eigenvalue weighted by Crippen LogP contribution is 2.24. The first-order valence-corrected chi connectivity index (χ1v) is 8.77. The number of ketones is 1. The summed E-state index contributed by atoms with van der Waals surface area (Å²) in [6.07, 6.45) is 0. The summed E-state index contributed by atoms with van der Waals surface area (Å²) in [5, 5.41) is 13.3. The molecule has 9 nitrogen and oxygen atoms in total. The molecule has 1 N–H and O–H groups in total. The quantitative estimate of drug-likeness (QED) is 0.272. The van der Waals surface area contributed by atoms with Gasteiger partial charge in [-0.25, -0.2) is 4.79 Å². The molecule has 0 aliphatic rings. The molecule has 0 unspecified atom stereocenters. The molecule has 0 bridgehead atoms. The largest absolute Gasteiger partial charge is 0.450 e. The average molecular weight is 408 g/mol. The third-order valence-electron chi connectivity index (χ3n) is 4.09. The molecule has 0 saturated heterocycles. The van der Waals surface area contributed by atoms with Crippen molar-refractivity contribution in [2.24, 2.45) is 0 Å². The third kappa shape index (κ3) is 4.76. The Morgan fingerprint density at radius 2 is 1.73 bits per heavy atom. The van der Waals surface area contributed by atoms with E-state index in [9.17, 15) is 24.5 Å². The molecule has 0 aliphatic carbocycles. The Balaban J connectivity index is 1.60. The maximum Gasteiger partial charge on any atom is 0.374 e. The Labute approximate surface area is 170 Å². The van der Waals surface area contributed by atoms with Gasteiger partial charge in [-0.2, -0.15) is 0 Å². The fourth-order valence-corrected chi connectivity index (χ4v) is 2.60. The van der Waals surface area contributed by atoms with Gasteiger partial charge in [0.05, 0.1) is 4.92 Å². The van der Waals surface area contributed by atoms with E-state index in [0.717, 1.165) is 0 Å². The number of esters is 1. The van der Waals surface area contributed by atoms with Crippen molar-refractivity contribution in [3.8, 4) is 11.3 Å². The predicted octanol–water partition coefficient (Wildman–Crippen LogP) is 3.85. The van der Waals surface area contributed by atoms with Gasteiger partial charge >= 0.3 is 5.97 Å². The Hall–Kier alpha value is -4.27. The van der Waals surface area contributed by atoms with Crippen molar-refractivity contribution in [1.29, 1.82) is 0 Å². The van der Waals surface area contributed by atoms with Crippen LogP contribution in [0.15, 0.2) is 65.1 Å². The topological polar surface area (TPSA) is 129 Å². The first-order valence-electron chi connectivity index (χ1n) is 8.77. The Morgan fingerprint density at radius 3 is 2.40 bits per heavy atom. The highest BCUT2D eigenvalue weighted by molar-refractivity contribution is 5.96. The zero-order chi connectivity index (χ0) is 21.7. The van der Waals surface area contributed by atoms with Crippen LogP contribution in [-0.2, 0) is 9.53 Å². The van der Waals surface area contributed by atoms with Crippen LogP contribution in [0.3, 0.4) is 0 Å². The van der Waals surface area contributed by atoms with Gasteiger partial charge in [0.25, 0.3) is 11.6 Å². The number of nitrogens with one attached hydrogen (secondary N) is 1. The summed E-state index contributed by atoms with van der Waals surface area (Å²) in [5.74, 6) is -1.38. The van der Waals surface area contributed by atoms with Crippen LogP contribution in [0.25, 0.3) is 11.3 Å². The Morgan fingerprint density at radius 1 is 1.03 bits per heavy atom. The molecule has 2 aromatic carbocycles. The number of benzene rings is 2. The summed E-state index contributed by atoms with van der Waals surface area (Å²) in [5.41, 5.74) is 0.935. The lowest BCUT2D eigenvalue weighted by atomic mass is 10.1. The molecule has 0 spiro atoms. The average Bonchev–Trinajstić information content (AvgIpc) is 3.22. The summed E-state index contributed by atoms with van der Waals surface area (Å²) < 4.78 is 10.4. The van der Waals surface area contributed by atoms with Crippen molar-refractivity contribution >= 4 is 29.0 Å². The van der Waals surface area contributed by atoms with Gasteiger partial charge < -0.3 is 14.5 Å². The molecule has 0 saturated carbocycles. The Bertz CT molecular complexity index is 1120. The van der Waals surface area contributed by atoms with Crippen LogP contribution in [0.5, 0.6) is 0 Å². The van der Waals surface area contributed by atoms with Crippen LogP contribution in [0, 0.1) is 10.1 Å². The molecular weight excluding hydrogens is 392 g/mol. The lowest BCUT2D eigenvalue weighted by Gasteiger charge is -2.06. The first kappa shape index (κ1) is 20.5. The zero-order valence-electron chi connectivity index (χ0n) is 15.8. The number of carbonyl (C=O) groups is 3. The van der Waals surface area contributed by atoms with E-state index in [1.54, 1.807) is 30.3 Å². The Kier molecular flexibility index (Phi) is 6.02. The van der Waals surface area contributed by atoms with Crippen molar-refractivity contribution < 1.29 is 28.5 Å². The third-order valence-corrected chi connectivity index (χ3v) is 4.09. The number of rotatable bonds is 7. The summed E-state index contributed by atoms with van der Waals surface area (Å²) in [4.78, 5) is 45.7. The van der Waals surface area contributed by atoms with Crippen molar-refractivity contribution in [1.82, 2.24) is 0 Å². The number of para-hydroxylation sites is 2. The number of ether oxygens (including phenoxy) is 1. The minimum Gasteiger partial charge on any atom is -0.450 e. The number of furan rings is 1. The number of anilines is 1. The molecule has 0 fully saturated rings. The van der Waals surface area contributed by atoms with Crippen LogP contribution < -0.4 is 5.32 Å². The molecule has 30 heavy (non-hydrogen) atoms. The minimum atomic E-state index is -0.862. The van der Waals surface area contributed by atoms with Crippen LogP contribution in [0.4, 0.5) is 11.4 Å². The number of Topliss-reactive ketones (excluding diaryl/α,β-unsaturated/α-hetero) is 1. The van der Waals surface area contributed by atoms with Crippen LogP contribution in [0.1, 0.15) is 27.8 Å². The van der Waals surface area contributed by atoms with E-state index in [1.165, 1.54) is 37.3 Å². The van der Waals surface area contributed by atoms with Crippen LogP contribution in [-0.4, -0.2) is 29.2 Å². The second-order valence-electron chi connectivity index (χ2n) is 6.20. The molecule has 9 heteroatoms. The monoisotopic (exact) mass is 408 g/mol. The lowest BCUT2D eigenvalue weighted by Crippen LogP contribution is -2.21. The summed E-state index contributed by atoms with van der Waals surface area (Å²) in [6, 6.07) is 15.2. The molecule has 0 aliphatic heterocycles. The van der Waals surface area contributed by atoms with Crippen molar-refractivity contribution in [2.75, 3.05) is 11.9 Å². The highest BCUT2D eigenvalue weighted by Gasteiger charge is 2.18.